The second kappa shape index (κ2) is 8.56. The van der Waals surface area contributed by atoms with Crippen LogP contribution in [0.25, 0.3) is 10.9 Å². The van der Waals surface area contributed by atoms with Gasteiger partial charge in [-0.3, -0.25) is 9.69 Å². The number of pyridine rings is 1. The van der Waals surface area contributed by atoms with E-state index in [4.69, 9.17) is 10.00 Å². The number of hydrogen-bond acceptors (Lipinski definition) is 5. The molecule has 1 aromatic heterocycles. The third-order valence-electron chi connectivity index (χ3n) is 6.05. The predicted octanol–water partition coefficient (Wildman–Crippen LogP) is 3.68. The van der Waals surface area contributed by atoms with Gasteiger partial charge in [-0.1, -0.05) is 18.2 Å². The summed E-state index contributed by atoms with van der Waals surface area (Å²) >= 11 is 0. The minimum Gasteiger partial charge on any atom is -0.459 e. The molecule has 0 radical (unpaired) electrons. The first-order chi connectivity index (χ1) is 13.5. The van der Waals surface area contributed by atoms with Crippen LogP contribution in [0.4, 0.5) is 0 Å². The summed E-state index contributed by atoms with van der Waals surface area (Å²) in [6, 6.07) is 12.0. The number of fused-ring (bicyclic) bond motifs is 3. The van der Waals surface area contributed by atoms with Crippen molar-refractivity contribution in [2.45, 2.75) is 63.8 Å². The molecular weight excluding hydrogens is 390 g/mol. The highest BCUT2D eigenvalue weighted by molar-refractivity contribution is 5.94. The fourth-order valence-corrected chi connectivity index (χ4v) is 4.82. The number of piperidine rings is 1. The van der Waals surface area contributed by atoms with Crippen LogP contribution < -0.4 is 5.56 Å². The van der Waals surface area contributed by atoms with Crippen molar-refractivity contribution in [1.82, 2.24) is 9.47 Å². The van der Waals surface area contributed by atoms with Gasteiger partial charge in [-0.15, -0.1) is 12.4 Å². The van der Waals surface area contributed by atoms with Gasteiger partial charge in [-0.2, -0.15) is 5.26 Å². The highest BCUT2D eigenvalue weighted by atomic mass is 35.5. The number of halogens is 1. The van der Waals surface area contributed by atoms with E-state index in [0.717, 1.165) is 36.6 Å². The molecule has 0 saturated carbocycles. The van der Waals surface area contributed by atoms with E-state index in [1.165, 1.54) is 0 Å². The molecule has 2 aliphatic rings. The van der Waals surface area contributed by atoms with Gasteiger partial charge in [0.2, 0.25) is 0 Å². The normalized spacial score (nSPS) is 23.6. The maximum Gasteiger partial charge on any atom is 0.344 e. The average molecular weight is 416 g/mol. The molecule has 0 N–H and O–H groups in total. The largest absolute Gasteiger partial charge is 0.459 e. The van der Waals surface area contributed by atoms with Crippen LogP contribution >= 0.6 is 12.4 Å². The monoisotopic (exact) mass is 415 g/mol. The van der Waals surface area contributed by atoms with Crippen LogP contribution in [0.3, 0.4) is 0 Å². The zero-order chi connectivity index (χ0) is 19.8. The number of nitriles is 1. The number of aromatic nitrogens is 1. The minimum atomic E-state index is -0.539. The highest BCUT2D eigenvalue weighted by Crippen LogP contribution is 2.36. The summed E-state index contributed by atoms with van der Waals surface area (Å²) in [7, 11) is 0. The number of hydrogen-bond donors (Lipinski definition) is 0. The van der Waals surface area contributed by atoms with Crippen molar-refractivity contribution in [3.63, 3.8) is 0 Å². The van der Waals surface area contributed by atoms with Crippen molar-refractivity contribution in [2.24, 2.45) is 0 Å². The van der Waals surface area contributed by atoms with Crippen molar-refractivity contribution >= 4 is 29.3 Å². The van der Waals surface area contributed by atoms with Crippen LogP contribution in [0.5, 0.6) is 0 Å². The van der Waals surface area contributed by atoms with E-state index in [0.29, 0.717) is 18.6 Å². The lowest BCUT2D eigenvalue weighted by atomic mass is 9.99. The molecular formula is C22H26ClN3O3. The fourth-order valence-electron chi connectivity index (χ4n) is 4.82. The lowest BCUT2D eigenvalue weighted by Gasteiger charge is -2.36. The molecule has 2 aliphatic heterocycles. The topological polar surface area (TPSA) is 75.3 Å². The van der Waals surface area contributed by atoms with Crippen LogP contribution in [0, 0.1) is 11.3 Å². The first kappa shape index (κ1) is 21.4. The summed E-state index contributed by atoms with van der Waals surface area (Å²) in [5, 5.41) is 9.87. The van der Waals surface area contributed by atoms with Crippen molar-refractivity contribution in [2.75, 3.05) is 6.54 Å². The molecule has 2 saturated heterocycles. The molecule has 154 valence electrons. The summed E-state index contributed by atoms with van der Waals surface area (Å²) in [6.07, 6.45) is 3.34. The Morgan fingerprint density at radius 2 is 1.90 bits per heavy atom. The van der Waals surface area contributed by atoms with Crippen LogP contribution in [-0.4, -0.2) is 40.2 Å². The molecule has 0 amide bonds. The fraction of sp³-hybridized carbons (Fsp3) is 0.500. The Kier molecular flexibility index (Phi) is 6.30. The second-order valence-electron chi connectivity index (χ2n) is 8.10. The molecule has 2 fully saturated rings. The lowest BCUT2D eigenvalue weighted by molar-refractivity contribution is -0.00332. The lowest BCUT2D eigenvalue weighted by Crippen LogP contribution is -2.46. The Bertz CT molecular complexity index is 997. The molecule has 7 heteroatoms. The Labute approximate surface area is 176 Å². The zero-order valence-corrected chi connectivity index (χ0v) is 17.5. The SMILES string of the molecule is CC(C)n1c(=O)c(C(=O)OC2CC3CCC(C2)N3CC#N)cc2ccccc21.Cl. The maximum atomic E-state index is 13.0. The first-order valence-corrected chi connectivity index (χ1v) is 9.97. The number of ether oxygens (including phenoxy) is 1. The molecule has 4 rings (SSSR count). The van der Waals surface area contributed by atoms with Gasteiger partial charge in [0.1, 0.15) is 11.7 Å². The Morgan fingerprint density at radius 3 is 2.52 bits per heavy atom. The number of carbonyl (C=O) groups is 1. The summed E-state index contributed by atoms with van der Waals surface area (Å²) < 4.78 is 7.45. The molecule has 2 atom stereocenters. The molecule has 3 heterocycles. The van der Waals surface area contributed by atoms with E-state index >= 15 is 0 Å². The summed E-state index contributed by atoms with van der Waals surface area (Å²) in [6.45, 7) is 4.30. The van der Waals surface area contributed by atoms with Gasteiger partial charge in [0.05, 0.1) is 18.1 Å². The Balaban J connectivity index is 0.00000240. The number of nitrogens with zero attached hydrogens (tertiary/aromatic N) is 3. The second-order valence-corrected chi connectivity index (χ2v) is 8.10. The van der Waals surface area contributed by atoms with Gasteiger partial charge in [-0.25, -0.2) is 4.79 Å². The summed E-state index contributed by atoms with van der Waals surface area (Å²) in [5.41, 5.74) is 0.615. The van der Waals surface area contributed by atoms with Gasteiger partial charge in [0, 0.05) is 31.0 Å². The van der Waals surface area contributed by atoms with Crippen LogP contribution in [0.15, 0.2) is 35.1 Å². The Hall–Kier alpha value is -2.36. The van der Waals surface area contributed by atoms with Gasteiger partial charge >= 0.3 is 5.97 Å². The van der Waals surface area contributed by atoms with E-state index in [1.54, 1.807) is 10.6 Å². The minimum absolute atomic E-state index is 0. The Morgan fingerprint density at radius 1 is 1.24 bits per heavy atom. The van der Waals surface area contributed by atoms with Crippen LogP contribution in [0.1, 0.15) is 55.9 Å². The highest BCUT2D eigenvalue weighted by Gasteiger charge is 2.42. The molecule has 1 aromatic carbocycles. The van der Waals surface area contributed by atoms with E-state index < -0.39 is 5.97 Å². The molecule has 2 bridgehead atoms. The molecule has 6 nitrogen and oxygen atoms in total. The quantitative estimate of drug-likeness (QED) is 0.562. The predicted molar refractivity (Wildman–Crippen MR) is 113 cm³/mol. The van der Waals surface area contributed by atoms with Crippen molar-refractivity contribution in [3.05, 3.63) is 46.2 Å². The van der Waals surface area contributed by atoms with Gasteiger partial charge in [0.15, 0.2) is 0 Å². The average Bonchev–Trinajstić information content (AvgIpc) is 2.90. The van der Waals surface area contributed by atoms with Gasteiger partial charge < -0.3 is 9.30 Å². The molecule has 2 unspecified atom stereocenters. The van der Waals surface area contributed by atoms with Crippen LogP contribution in [0.2, 0.25) is 0 Å². The number of para-hydroxylation sites is 1. The molecule has 0 spiro atoms. The summed E-state index contributed by atoms with van der Waals surface area (Å²) in [5.74, 6) is -0.539. The number of esters is 1. The first-order valence-electron chi connectivity index (χ1n) is 9.97. The summed E-state index contributed by atoms with van der Waals surface area (Å²) in [4.78, 5) is 28.1. The standard InChI is InChI=1S/C22H25N3O3.ClH/c1-14(2)25-20-6-4-3-5-15(20)11-19(21(25)26)22(27)28-18-12-16-7-8-17(13-18)24(16)10-9-23;/h3-6,11,14,16-18H,7-8,10,12-13H2,1-2H3;1H. The third kappa shape index (κ3) is 3.90. The number of benzene rings is 1. The molecule has 0 aliphatic carbocycles. The smallest absolute Gasteiger partial charge is 0.344 e. The van der Waals surface area contributed by atoms with E-state index in [1.807, 2.05) is 38.1 Å². The van der Waals surface area contributed by atoms with Crippen molar-refractivity contribution < 1.29 is 9.53 Å². The van der Waals surface area contributed by atoms with Crippen LogP contribution in [-0.2, 0) is 4.74 Å². The maximum absolute atomic E-state index is 13.0. The number of carbonyl (C=O) groups excluding carboxylic acids is 1. The zero-order valence-electron chi connectivity index (χ0n) is 16.7. The molecule has 29 heavy (non-hydrogen) atoms. The van der Waals surface area contributed by atoms with E-state index in [-0.39, 0.29) is 35.7 Å². The van der Waals surface area contributed by atoms with Crippen molar-refractivity contribution in [3.8, 4) is 6.07 Å². The third-order valence-corrected chi connectivity index (χ3v) is 6.05. The van der Waals surface area contributed by atoms with E-state index in [2.05, 4.69) is 11.0 Å². The number of rotatable bonds is 4. The van der Waals surface area contributed by atoms with Gasteiger partial charge in [0.25, 0.3) is 5.56 Å². The van der Waals surface area contributed by atoms with Crippen molar-refractivity contribution in [1.29, 1.82) is 5.26 Å². The van der Waals surface area contributed by atoms with E-state index in [9.17, 15) is 9.59 Å². The molecule has 2 aromatic rings. The van der Waals surface area contributed by atoms with Gasteiger partial charge in [-0.05, 0) is 44.2 Å².